The van der Waals surface area contributed by atoms with Gasteiger partial charge in [0.1, 0.15) is 11.5 Å². The number of nitriles is 1. The Bertz CT molecular complexity index is 1380. The fourth-order valence-electron chi connectivity index (χ4n) is 4.11. The van der Waals surface area contributed by atoms with Crippen LogP contribution in [0.25, 0.3) is 22.0 Å². The molecule has 0 unspecified atom stereocenters. The molecule has 0 radical (unpaired) electrons. The zero-order valence-electron chi connectivity index (χ0n) is 18.1. The minimum atomic E-state index is -0.265. The summed E-state index contributed by atoms with van der Waals surface area (Å²) >= 11 is 6.02. The van der Waals surface area contributed by atoms with Crippen molar-refractivity contribution in [1.82, 2.24) is 10.1 Å². The molecule has 6 nitrogen and oxygen atoms in total. The van der Waals surface area contributed by atoms with Crippen LogP contribution in [0.15, 0.2) is 45.7 Å². The molecule has 1 N–H and O–H groups in total. The lowest BCUT2D eigenvalue weighted by molar-refractivity contribution is 0.393. The highest BCUT2D eigenvalue weighted by Gasteiger charge is 2.22. The molecule has 0 saturated carbocycles. The maximum absolute atomic E-state index is 12.6. The molecule has 0 amide bonds. The van der Waals surface area contributed by atoms with Crippen LogP contribution >= 0.6 is 11.6 Å². The van der Waals surface area contributed by atoms with E-state index in [4.69, 9.17) is 26.1 Å². The van der Waals surface area contributed by atoms with Gasteiger partial charge in [0.25, 0.3) is 5.56 Å². The number of ether oxygens (including phenoxy) is 1. The first kappa shape index (κ1) is 21.7. The third-order valence-electron chi connectivity index (χ3n) is 5.62. The number of hydrogen-bond acceptors (Lipinski definition) is 5. The number of rotatable bonds is 6. The summed E-state index contributed by atoms with van der Waals surface area (Å²) in [5.74, 6) is 1.36. The van der Waals surface area contributed by atoms with Crippen LogP contribution in [0.5, 0.6) is 5.75 Å². The van der Waals surface area contributed by atoms with Gasteiger partial charge in [-0.2, -0.15) is 5.26 Å². The number of benzene rings is 2. The summed E-state index contributed by atoms with van der Waals surface area (Å²) in [6, 6.07) is 13.5. The maximum atomic E-state index is 12.6. The van der Waals surface area contributed by atoms with E-state index >= 15 is 0 Å². The van der Waals surface area contributed by atoms with Gasteiger partial charge < -0.3 is 14.2 Å². The molecule has 0 bridgehead atoms. The lowest BCUT2D eigenvalue weighted by atomic mass is 9.93. The third kappa shape index (κ3) is 4.00. The molecule has 162 valence electrons. The molecule has 7 heteroatoms. The van der Waals surface area contributed by atoms with Gasteiger partial charge in [0.05, 0.1) is 36.4 Å². The summed E-state index contributed by atoms with van der Waals surface area (Å²) in [4.78, 5) is 15.6. The fourth-order valence-corrected chi connectivity index (χ4v) is 4.24. The normalized spacial score (nSPS) is 11.0. The smallest absolute Gasteiger partial charge is 0.252 e. The average Bonchev–Trinajstić information content (AvgIpc) is 3.11. The van der Waals surface area contributed by atoms with E-state index < -0.39 is 0 Å². The average molecular weight is 448 g/mol. The largest absolute Gasteiger partial charge is 0.496 e. The number of nitrogens with zero attached hydrogens (tertiary/aromatic N) is 2. The Morgan fingerprint density at radius 2 is 1.94 bits per heavy atom. The highest BCUT2D eigenvalue weighted by molar-refractivity contribution is 6.30. The highest BCUT2D eigenvalue weighted by atomic mass is 35.5. The third-order valence-corrected chi connectivity index (χ3v) is 5.87. The Hall–Kier alpha value is -3.56. The van der Waals surface area contributed by atoms with Crippen molar-refractivity contribution in [2.75, 3.05) is 7.11 Å². The second kappa shape index (κ2) is 8.89. The van der Waals surface area contributed by atoms with Gasteiger partial charge in [-0.25, -0.2) is 0 Å². The van der Waals surface area contributed by atoms with Crippen LogP contribution in [0.4, 0.5) is 0 Å². The van der Waals surface area contributed by atoms with Crippen molar-refractivity contribution in [3.63, 3.8) is 0 Å². The van der Waals surface area contributed by atoms with Crippen molar-refractivity contribution in [3.8, 4) is 22.9 Å². The Labute approximate surface area is 190 Å². The summed E-state index contributed by atoms with van der Waals surface area (Å²) in [7, 11) is 1.62. The lowest BCUT2D eigenvalue weighted by Gasteiger charge is -2.17. The standard InChI is InChI=1S/C25H22ClN3O3/c1-14-22(15(2)32-29-14)21-13-18-12-17(10-11-27)25(30)28-23(18)20(24(21)31-3)9-6-16-4-7-19(26)8-5-16/h4-5,7-8,12-13H,6,9-10H2,1-3H3,(H,28,30). The number of methoxy groups -OCH3 is 1. The number of aryl methyl sites for hydroxylation is 4. The molecule has 0 spiro atoms. The van der Waals surface area contributed by atoms with Crippen molar-refractivity contribution in [2.24, 2.45) is 0 Å². The Kier molecular flexibility index (Phi) is 6.02. The van der Waals surface area contributed by atoms with Crippen molar-refractivity contribution < 1.29 is 9.26 Å². The molecule has 0 atom stereocenters. The number of fused-ring (bicyclic) bond motifs is 1. The molecule has 2 aromatic heterocycles. The zero-order chi connectivity index (χ0) is 22.8. The Morgan fingerprint density at radius 3 is 2.56 bits per heavy atom. The number of nitrogens with one attached hydrogen (secondary N) is 1. The van der Waals surface area contributed by atoms with Gasteiger partial charge in [0, 0.05) is 21.7 Å². The van der Waals surface area contributed by atoms with E-state index in [1.165, 1.54) is 0 Å². The molecular formula is C25H22ClN3O3. The van der Waals surface area contributed by atoms with E-state index in [9.17, 15) is 4.79 Å². The van der Waals surface area contributed by atoms with Crippen molar-refractivity contribution in [2.45, 2.75) is 33.1 Å². The SMILES string of the molecule is COc1c(-c2c(C)noc2C)cc2cc(CC#N)c(=O)[nH]c2c1CCc1ccc(Cl)cc1. The summed E-state index contributed by atoms with van der Waals surface area (Å²) in [6.07, 6.45) is 1.40. The minimum absolute atomic E-state index is 0.0397. The number of pyridine rings is 1. The van der Waals surface area contributed by atoms with Gasteiger partial charge >= 0.3 is 0 Å². The van der Waals surface area contributed by atoms with E-state index in [2.05, 4.69) is 16.2 Å². The first-order chi connectivity index (χ1) is 15.4. The summed E-state index contributed by atoms with van der Waals surface area (Å²) in [6.45, 7) is 3.75. The Morgan fingerprint density at radius 1 is 1.19 bits per heavy atom. The quantitative estimate of drug-likeness (QED) is 0.432. The minimum Gasteiger partial charge on any atom is -0.496 e. The van der Waals surface area contributed by atoms with Crippen LogP contribution in [-0.4, -0.2) is 17.3 Å². The van der Waals surface area contributed by atoms with Crippen LogP contribution in [0.3, 0.4) is 0 Å². The van der Waals surface area contributed by atoms with Crippen molar-refractivity contribution in [1.29, 1.82) is 5.26 Å². The number of aromatic nitrogens is 2. The van der Waals surface area contributed by atoms with E-state index in [1.807, 2.05) is 44.2 Å². The molecule has 0 fully saturated rings. The van der Waals surface area contributed by atoms with Crippen LogP contribution in [0, 0.1) is 25.2 Å². The topological polar surface area (TPSA) is 91.9 Å². The predicted octanol–water partition coefficient (Wildman–Crippen LogP) is 5.31. The molecule has 0 aliphatic heterocycles. The predicted molar refractivity (Wildman–Crippen MR) is 124 cm³/mol. The molecule has 4 aromatic rings. The van der Waals surface area contributed by atoms with E-state index in [0.29, 0.717) is 34.0 Å². The van der Waals surface area contributed by atoms with Gasteiger partial charge in [-0.05, 0) is 61.9 Å². The summed E-state index contributed by atoms with van der Waals surface area (Å²) < 4.78 is 11.3. The molecule has 0 aliphatic rings. The lowest BCUT2D eigenvalue weighted by Crippen LogP contribution is -2.13. The van der Waals surface area contributed by atoms with Crippen molar-refractivity contribution >= 4 is 22.5 Å². The summed E-state index contributed by atoms with van der Waals surface area (Å²) in [5, 5.41) is 14.7. The van der Waals surface area contributed by atoms with Gasteiger partial charge in [-0.3, -0.25) is 4.79 Å². The second-order valence-corrected chi connectivity index (χ2v) is 8.12. The first-order valence-corrected chi connectivity index (χ1v) is 10.6. The van der Waals surface area contributed by atoms with E-state index in [0.717, 1.165) is 39.8 Å². The van der Waals surface area contributed by atoms with Gasteiger partial charge in [0.15, 0.2) is 0 Å². The van der Waals surface area contributed by atoms with Gasteiger partial charge in [-0.15, -0.1) is 0 Å². The summed E-state index contributed by atoms with van der Waals surface area (Å²) in [5.41, 5.74) is 5.34. The molecule has 4 rings (SSSR count). The van der Waals surface area contributed by atoms with Gasteiger partial charge in [-0.1, -0.05) is 28.9 Å². The second-order valence-electron chi connectivity index (χ2n) is 7.68. The van der Waals surface area contributed by atoms with Crippen LogP contribution < -0.4 is 10.3 Å². The van der Waals surface area contributed by atoms with Crippen molar-refractivity contribution in [3.05, 3.63) is 79.9 Å². The number of H-pyrrole nitrogens is 1. The Balaban J connectivity index is 1.95. The maximum Gasteiger partial charge on any atom is 0.252 e. The van der Waals surface area contributed by atoms with Crippen LogP contribution in [0.2, 0.25) is 5.02 Å². The molecule has 2 aromatic carbocycles. The number of aromatic amines is 1. The van der Waals surface area contributed by atoms with Gasteiger partial charge in [0.2, 0.25) is 0 Å². The molecular weight excluding hydrogens is 426 g/mol. The molecule has 0 saturated heterocycles. The molecule has 32 heavy (non-hydrogen) atoms. The molecule has 0 aliphatic carbocycles. The van der Waals surface area contributed by atoms with E-state index in [-0.39, 0.29) is 12.0 Å². The monoisotopic (exact) mass is 447 g/mol. The first-order valence-electron chi connectivity index (χ1n) is 10.2. The highest BCUT2D eigenvalue weighted by Crippen LogP contribution is 2.41. The number of hydrogen-bond donors (Lipinski definition) is 1. The fraction of sp³-hybridized carbons (Fsp3) is 0.240. The van der Waals surface area contributed by atoms with Crippen LogP contribution in [-0.2, 0) is 19.3 Å². The number of halogens is 1. The molecule has 2 heterocycles. The zero-order valence-corrected chi connectivity index (χ0v) is 18.8. The van der Waals surface area contributed by atoms with E-state index in [1.54, 1.807) is 13.2 Å². The van der Waals surface area contributed by atoms with Crippen LogP contribution in [0.1, 0.15) is 28.1 Å².